The second kappa shape index (κ2) is 7.33. The third-order valence-corrected chi connectivity index (χ3v) is 4.81. The van der Waals surface area contributed by atoms with Crippen molar-refractivity contribution in [1.82, 2.24) is 0 Å². The SMILES string of the molecule is N#C/C(=C\c1ccc(O)c([N+](=O)[O-])c1)S(=O)(=O)Nc1ccc(Br)cc1. The zero-order valence-corrected chi connectivity index (χ0v) is 14.8. The lowest BCUT2D eigenvalue weighted by molar-refractivity contribution is -0.385. The number of nitro groups is 1. The van der Waals surface area contributed by atoms with E-state index in [0.29, 0.717) is 0 Å². The number of nitrogens with one attached hydrogen (secondary N) is 1. The minimum Gasteiger partial charge on any atom is -0.502 e. The van der Waals surface area contributed by atoms with Gasteiger partial charge in [-0.15, -0.1) is 0 Å². The largest absolute Gasteiger partial charge is 0.502 e. The van der Waals surface area contributed by atoms with Gasteiger partial charge in [-0.1, -0.05) is 22.0 Å². The van der Waals surface area contributed by atoms with E-state index in [1.165, 1.54) is 18.2 Å². The second-order valence-corrected chi connectivity index (χ2v) is 7.30. The molecule has 10 heteroatoms. The lowest BCUT2D eigenvalue weighted by atomic mass is 10.2. The number of hydrogen-bond acceptors (Lipinski definition) is 6. The van der Waals surface area contributed by atoms with Crippen molar-refractivity contribution in [3.63, 3.8) is 0 Å². The number of phenolic OH excluding ortho intramolecular Hbond substituents is 1. The second-order valence-electron chi connectivity index (χ2n) is 4.74. The molecule has 2 aromatic carbocycles. The number of nitro benzene ring substituents is 1. The predicted octanol–water partition coefficient (Wildman–Crippen LogP) is 3.37. The molecule has 0 atom stereocenters. The van der Waals surface area contributed by atoms with Crippen LogP contribution in [0, 0.1) is 21.4 Å². The van der Waals surface area contributed by atoms with Crippen LogP contribution in [0.4, 0.5) is 11.4 Å². The highest BCUT2D eigenvalue weighted by Gasteiger charge is 2.19. The molecule has 0 saturated carbocycles. The van der Waals surface area contributed by atoms with E-state index >= 15 is 0 Å². The van der Waals surface area contributed by atoms with Crippen LogP contribution in [0.1, 0.15) is 5.56 Å². The first-order chi connectivity index (χ1) is 11.7. The van der Waals surface area contributed by atoms with Crippen LogP contribution in [0.5, 0.6) is 5.75 Å². The summed E-state index contributed by atoms with van der Waals surface area (Å²) >= 11 is 3.22. The summed E-state index contributed by atoms with van der Waals surface area (Å²) < 4.78 is 27.6. The maximum absolute atomic E-state index is 12.3. The molecule has 2 aromatic rings. The first kappa shape index (κ1) is 18.4. The third-order valence-electron chi connectivity index (χ3n) is 2.99. The number of rotatable bonds is 5. The average Bonchev–Trinajstić information content (AvgIpc) is 2.55. The highest BCUT2D eigenvalue weighted by Crippen LogP contribution is 2.28. The lowest BCUT2D eigenvalue weighted by Gasteiger charge is -2.07. The average molecular weight is 424 g/mol. The van der Waals surface area contributed by atoms with E-state index in [9.17, 15) is 23.6 Å². The number of hydrogen-bond donors (Lipinski definition) is 2. The third kappa shape index (κ3) is 4.56. The van der Waals surface area contributed by atoms with Gasteiger partial charge in [0.1, 0.15) is 6.07 Å². The maximum Gasteiger partial charge on any atom is 0.311 e. The molecule has 0 radical (unpaired) electrons. The zero-order valence-electron chi connectivity index (χ0n) is 12.4. The summed E-state index contributed by atoms with van der Waals surface area (Å²) in [5.74, 6) is -0.559. The molecule has 128 valence electrons. The van der Waals surface area contributed by atoms with Crippen LogP contribution in [0.15, 0.2) is 51.8 Å². The van der Waals surface area contributed by atoms with Crippen molar-refractivity contribution in [1.29, 1.82) is 5.26 Å². The Kier molecular flexibility index (Phi) is 5.41. The summed E-state index contributed by atoms with van der Waals surface area (Å²) in [6.45, 7) is 0. The first-order valence-corrected chi connectivity index (χ1v) is 8.88. The van der Waals surface area contributed by atoms with Gasteiger partial charge in [0.2, 0.25) is 0 Å². The maximum atomic E-state index is 12.3. The van der Waals surface area contributed by atoms with Crippen molar-refractivity contribution in [2.75, 3.05) is 4.72 Å². The molecule has 0 amide bonds. The van der Waals surface area contributed by atoms with Crippen molar-refractivity contribution in [3.05, 3.63) is 67.5 Å². The fraction of sp³-hybridized carbons (Fsp3) is 0. The molecule has 0 aliphatic rings. The number of nitrogens with zero attached hydrogens (tertiary/aromatic N) is 2. The Morgan fingerprint density at radius 3 is 2.48 bits per heavy atom. The van der Waals surface area contributed by atoms with Crippen LogP contribution in [-0.4, -0.2) is 18.4 Å². The van der Waals surface area contributed by atoms with Crippen LogP contribution in [0.2, 0.25) is 0 Å². The summed E-state index contributed by atoms with van der Waals surface area (Å²) in [5.41, 5.74) is -0.257. The topological polar surface area (TPSA) is 133 Å². The molecule has 25 heavy (non-hydrogen) atoms. The highest BCUT2D eigenvalue weighted by molar-refractivity contribution is 9.10. The van der Waals surface area contributed by atoms with E-state index in [0.717, 1.165) is 22.7 Å². The lowest BCUT2D eigenvalue weighted by Crippen LogP contribution is -2.14. The van der Waals surface area contributed by atoms with Crippen molar-refractivity contribution >= 4 is 43.4 Å². The molecule has 8 nitrogen and oxygen atoms in total. The number of allylic oxidation sites excluding steroid dienone is 1. The summed E-state index contributed by atoms with van der Waals surface area (Å²) in [6, 6.07) is 11.1. The van der Waals surface area contributed by atoms with E-state index in [1.54, 1.807) is 18.2 Å². The molecular weight excluding hydrogens is 414 g/mol. The monoisotopic (exact) mass is 423 g/mol. The Morgan fingerprint density at radius 1 is 1.28 bits per heavy atom. The normalized spacial score (nSPS) is 11.6. The number of sulfonamides is 1. The standard InChI is InChI=1S/C15H10BrN3O5S/c16-11-2-4-12(5-3-11)18-25(23,24)13(9-17)7-10-1-6-15(20)14(8-10)19(21)22/h1-8,18,20H/b13-7+. The number of halogens is 1. The van der Waals surface area contributed by atoms with Crippen LogP contribution < -0.4 is 4.72 Å². The van der Waals surface area contributed by atoms with Crippen molar-refractivity contribution in [3.8, 4) is 11.8 Å². The molecule has 0 heterocycles. The zero-order chi connectivity index (χ0) is 18.6. The summed E-state index contributed by atoms with van der Waals surface area (Å²) in [4.78, 5) is 9.38. The molecule has 0 bridgehead atoms. The molecule has 0 aromatic heterocycles. The summed E-state index contributed by atoms with van der Waals surface area (Å²) in [7, 11) is -4.18. The highest BCUT2D eigenvalue weighted by atomic mass is 79.9. The fourth-order valence-electron chi connectivity index (χ4n) is 1.83. The van der Waals surface area contributed by atoms with Crippen molar-refractivity contribution in [2.45, 2.75) is 0 Å². The van der Waals surface area contributed by atoms with E-state index < -0.39 is 31.3 Å². The Morgan fingerprint density at radius 2 is 1.92 bits per heavy atom. The number of anilines is 1. The van der Waals surface area contributed by atoms with Gasteiger partial charge >= 0.3 is 5.69 Å². The Balaban J connectivity index is 2.39. The molecule has 0 aliphatic carbocycles. The van der Waals surface area contributed by atoms with E-state index in [1.807, 2.05) is 0 Å². The van der Waals surface area contributed by atoms with Gasteiger partial charge in [0.15, 0.2) is 10.7 Å². The molecule has 0 aliphatic heterocycles. The minimum absolute atomic E-state index is 0.0854. The van der Waals surface area contributed by atoms with Gasteiger partial charge < -0.3 is 5.11 Å². The van der Waals surface area contributed by atoms with Gasteiger partial charge in [0, 0.05) is 16.2 Å². The first-order valence-electron chi connectivity index (χ1n) is 6.60. The van der Waals surface area contributed by atoms with Crippen LogP contribution in [0.3, 0.4) is 0 Å². The van der Waals surface area contributed by atoms with E-state index in [-0.39, 0.29) is 11.3 Å². The van der Waals surface area contributed by atoms with Gasteiger partial charge in [-0.25, -0.2) is 8.42 Å². The van der Waals surface area contributed by atoms with E-state index in [2.05, 4.69) is 20.7 Å². The Labute approximate surface area is 151 Å². The van der Waals surface area contributed by atoms with Crippen LogP contribution in [-0.2, 0) is 10.0 Å². The van der Waals surface area contributed by atoms with Gasteiger partial charge in [-0.3, -0.25) is 14.8 Å². The van der Waals surface area contributed by atoms with E-state index in [4.69, 9.17) is 5.26 Å². The number of benzene rings is 2. The molecule has 0 unspecified atom stereocenters. The minimum atomic E-state index is -4.18. The Bertz CT molecular complexity index is 995. The van der Waals surface area contributed by atoms with Crippen LogP contribution in [0.25, 0.3) is 6.08 Å². The number of aromatic hydroxyl groups is 1. The molecule has 0 fully saturated rings. The summed E-state index contributed by atoms with van der Waals surface area (Å²) in [6.07, 6.45) is 0.980. The van der Waals surface area contributed by atoms with Crippen molar-refractivity contribution < 1.29 is 18.4 Å². The fourth-order valence-corrected chi connectivity index (χ4v) is 3.06. The molecular formula is C15H10BrN3O5S. The summed E-state index contributed by atoms with van der Waals surface area (Å²) in [5, 5.41) is 29.4. The smallest absolute Gasteiger partial charge is 0.311 e. The van der Waals surface area contributed by atoms with Gasteiger partial charge in [-0.05, 0) is 42.0 Å². The van der Waals surface area contributed by atoms with Crippen molar-refractivity contribution in [2.24, 2.45) is 0 Å². The number of nitriles is 1. The molecule has 2 rings (SSSR count). The quantitative estimate of drug-likeness (QED) is 0.430. The molecule has 0 spiro atoms. The molecule has 0 saturated heterocycles. The Hall–Kier alpha value is -2.90. The molecule has 2 N–H and O–H groups in total. The van der Waals surface area contributed by atoms with Gasteiger partial charge in [0.25, 0.3) is 10.0 Å². The van der Waals surface area contributed by atoms with Gasteiger partial charge in [-0.2, -0.15) is 5.26 Å². The van der Waals surface area contributed by atoms with Crippen LogP contribution >= 0.6 is 15.9 Å². The number of phenols is 1. The predicted molar refractivity (Wildman–Crippen MR) is 95.0 cm³/mol. The van der Waals surface area contributed by atoms with Gasteiger partial charge in [0.05, 0.1) is 4.92 Å².